The Morgan fingerprint density at radius 1 is 1.12 bits per heavy atom. The van der Waals surface area contributed by atoms with Gasteiger partial charge in [-0.25, -0.2) is 4.79 Å². The van der Waals surface area contributed by atoms with E-state index < -0.39 is 5.97 Å². The first kappa shape index (κ1) is 17.0. The number of carbonyl (C=O) groups excluding carboxylic acids is 1. The Kier molecular flexibility index (Phi) is 5.23. The summed E-state index contributed by atoms with van der Waals surface area (Å²) in [5.41, 5.74) is 0.00287. The number of aromatic carboxylic acids is 1. The molecular formula is C18H25NO5. The van der Waals surface area contributed by atoms with Crippen LogP contribution < -0.4 is 0 Å². The number of ether oxygens (including phenoxy) is 1. The number of piperidine rings is 1. The van der Waals surface area contributed by atoms with Gasteiger partial charge >= 0.3 is 5.97 Å². The van der Waals surface area contributed by atoms with Crippen molar-refractivity contribution in [3.05, 3.63) is 23.7 Å². The minimum absolute atomic E-state index is 0.00287. The molecule has 1 aliphatic heterocycles. The molecule has 0 spiro atoms. The predicted molar refractivity (Wildman–Crippen MR) is 87.1 cm³/mol. The lowest BCUT2D eigenvalue weighted by molar-refractivity contribution is -0.0572. The molecule has 3 rings (SSSR count). The van der Waals surface area contributed by atoms with Gasteiger partial charge in [-0.1, -0.05) is 6.92 Å². The van der Waals surface area contributed by atoms with Crippen LogP contribution in [0.2, 0.25) is 0 Å². The molecule has 1 N–H and O–H groups in total. The quantitative estimate of drug-likeness (QED) is 0.914. The van der Waals surface area contributed by atoms with E-state index in [0.29, 0.717) is 19.2 Å². The van der Waals surface area contributed by atoms with Crippen molar-refractivity contribution in [2.75, 3.05) is 13.1 Å². The molecule has 2 aliphatic rings. The van der Waals surface area contributed by atoms with Crippen molar-refractivity contribution in [3.8, 4) is 0 Å². The van der Waals surface area contributed by atoms with E-state index in [1.807, 2.05) is 0 Å². The van der Waals surface area contributed by atoms with Crippen LogP contribution in [0.5, 0.6) is 0 Å². The Morgan fingerprint density at radius 3 is 2.33 bits per heavy atom. The zero-order chi connectivity index (χ0) is 17.1. The van der Waals surface area contributed by atoms with Gasteiger partial charge in [0.25, 0.3) is 5.91 Å². The number of hydrogen-bond donors (Lipinski definition) is 1. The van der Waals surface area contributed by atoms with Crippen LogP contribution in [0.3, 0.4) is 0 Å². The fourth-order valence-electron chi connectivity index (χ4n) is 3.55. The van der Waals surface area contributed by atoms with Gasteiger partial charge in [-0.15, -0.1) is 0 Å². The number of carboxylic acid groups (broad SMARTS) is 1. The molecule has 24 heavy (non-hydrogen) atoms. The lowest BCUT2D eigenvalue weighted by Crippen LogP contribution is -2.42. The van der Waals surface area contributed by atoms with Gasteiger partial charge in [-0.05, 0) is 44.4 Å². The number of hydrogen-bond acceptors (Lipinski definition) is 4. The summed E-state index contributed by atoms with van der Waals surface area (Å²) in [7, 11) is 0. The van der Waals surface area contributed by atoms with E-state index >= 15 is 0 Å². The standard InChI is InChI=1S/C18H25NO5/c1-12-2-4-14(5-3-12)24-15-6-8-19(9-7-15)17(20)16-10-13(11-23-16)18(21)22/h10-12,14-15H,2-9H2,1H3,(H,21,22). The monoisotopic (exact) mass is 335 g/mol. The average Bonchev–Trinajstić information content (AvgIpc) is 3.07. The molecule has 1 saturated heterocycles. The molecule has 6 nitrogen and oxygen atoms in total. The van der Waals surface area contributed by atoms with Crippen molar-refractivity contribution in [1.29, 1.82) is 0 Å². The molecule has 132 valence electrons. The molecule has 1 amide bonds. The van der Waals surface area contributed by atoms with Gasteiger partial charge in [0, 0.05) is 19.2 Å². The van der Waals surface area contributed by atoms with Crippen LogP contribution in [-0.4, -0.2) is 47.2 Å². The molecule has 0 bridgehead atoms. The van der Waals surface area contributed by atoms with E-state index in [1.165, 1.54) is 18.9 Å². The SMILES string of the molecule is CC1CCC(OC2CCN(C(=O)c3cc(C(=O)O)co3)CC2)CC1. The summed E-state index contributed by atoms with van der Waals surface area (Å²) in [5.74, 6) is -0.430. The predicted octanol–water partition coefficient (Wildman–Crippen LogP) is 3.18. The van der Waals surface area contributed by atoms with Crippen molar-refractivity contribution in [2.45, 2.75) is 57.7 Å². The molecule has 6 heteroatoms. The van der Waals surface area contributed by atoms with E-state index in [2.05, 4.69) is 6.92 Å². The van der Waals surface area contributed by atoms with Crippen LogP contribution in [0.25, 0.3) is 0 Å². The number of nitrogens with zero attached hydrogens (tertiary/aromatic N) is 1. The Hall–Kier alpha value is -1.82. The van der Waals surface area contributed by atoms with Crippen molar-refractivity contribution in [2.24, 2.45) is 5.92 Å². The third kappa shape index (κ3) is 3.98. The molecule has 1 aromatic heterocycles. The van der Waals surface area contributed by atoms with Gasteiger partial charge in [0.05, 0.1) is 17.8 Å². The zero-order valence-electron chi connectivity index (χ0n) is 14.1. The van der Waals surface area contributed by atoms with Gasteiger partial charge in [-0.2, -0.15) is 0 Å². The van der Waals surface area contributed by atoms with Gasteiger partial charge in [0.15, 0.2) is 5.76 Å². The molecule has 1 aromatic rings. The summed E-state index contributed by atoms with van der Waals surface area (Å²) < 4.78 is 11.3. The minimum Gasteiger partial charge on any atom is -0.478 e. The Balaban J connectivity index is 1.47. The highest BCUT2D eigenvalue weighted by atomic mass is 16.5. The van der Waals surface area contributed by atoms with Crippen molar-refractivity contribution in [3.63, 3.8) is 0 Å². The summed E-state index contributed by atoms with van der Waals surface area (Å²) in [6.45, 7) is 3.54. The Labute approximate surface area is 141 Å². The number of rotatable bonds is 4. The summed E-state index contributed by atoms with van der Waals surface area (Å²) in [6.07, 6.45) is 8.12. The highest BCUT2D eigenvalue weighted by Gasteiger charge is 2.29. The van der Waals surface area contributed by atoms with E-state index in [9.17, 15) is 9.59 Å². The Morgan fingerprint density at radius 2 is 1.75 bits per heavy atom. The number of likely N-dealkylation sites (tertiary alicyclic amines) is 1. The molecule has 1 saturated carbocycles. The van der Waals surface area contributed by atoms with Gasteiger partial charge < -0.3 is 19.2 Å². The largest absolute Gasteiger partial charge is 0.478 e. The van der Waals surface area contributed by atoms with Gasteiger partial charge in [0.2, 0.25) is 0 Å². The molecular weight excluding hydrogens is 310 g/mol. The zero-order valence-corrected chi connectivity index (χ0v) is 14.1. The highest BCUT2D eigenvalue weighted by molar-refractivity contribution is 5.95. The van der Waals surface area contributed by atoms with Crippen molar-refractivity contribution in [1.82, 2.24) is 4.90 Å². The number of carboxylic acids is 1. The third-order valence-electron chi connectivity index (χ3n) is 5.13. The van der Waals surface area contributed by atoms with Crippen LogP contribution in [-0.2, 0) is 4.74 Å². The van der Waals surface area contributed by atoms with Crippen LogP contribution in [0.4, 0.5) is 0 Å². The van der Waals surface area contributed by atoms with E-state index in [4.69, 9.17) is 14.3 Å². The normalized spacial score (nSPS) is 25.6. The van der Waals surface area contributed by atoms with E-state index in [0.717, 1.165) is 37.9 Å². The number of amides is 1. The second-order valence-corrected chi connectivity index (χ2v) is 7.01. The second-order valence-electron chi connectivity index (χ2n) is 7.01. The Bertz CT molecular complexity index is 580. The summed E-state index contributed by atoms with van der Waals surface area (Å²) in [4.78, 5) is 24.9. The first-order valence-electron chi connectivity index (χ1n) is 8.79. The summed E-state index contributed by atoms with van der Waals surface area (Å²) in [6, 6.07) is 1.29. The van der Waals surface area contributed by atoms with Crippen molar-refractivity contribution < 1.29 is 23.8 Å². The smallest absolute Gasteiger partial charge is 0.338 e. The fraction of sp³-hybridized carbons (Fsp3) is 0.667. The van der Waals surface area contributed by atoms with Crippen LogP contribution in [0.15, 0.2) is 16.7 Å². The molecule has 0 unspecified atom stereocenters. The second kappa shape index (κ2) is 7.38. The number of carbonyl (C=O) groups is 2. The molecule has 2 fully saturated rings. The summed E-state index contributed by atoms with van der Waals surface area (Å²) >= 11 is 0. The first-order chi connectivity index (χ1) is 11.5. The highest BCUT2D eigenvalue weighted by Crippen LogP contribution is 2.28. The molecule has 0 aromatic carbocycles. The molecule has 2 heterocycles. The van der Waals surface area contributed by atoms with E-state index in [1.54, 1.807) is 4.90 Å². The van der Waals surface area contributed by atoms with Crippen LogP contribution >= 0.6 is 0 Å². The lowest BCUT2D eigenvalue weighted by Gasteiger charge is -2.35. The average molecular weight is 335 g/mol. The molecule has 0 atom stereocenters. The topological polar surface area (TPSA) is 80.0 Å². The van der Waals surface area contributed by atoms with Crippen LogP contribution in [0, 0.1) is 5.92 Å². The first-order valence-corrected chi connectivity index (χ1v) is 8.79. The molecule has 0 radical (unpaired) electrons. The number of furan rings is 1. The maximum atomic E-state index is 12.4. The van der Waals surface area contributed by atoms with E-state index in [-0.39, 0.29) is 23.3 Å². The molecule has 1 aliphatic carbocycles. The third-order valence-corrected chi connectivity index (χ3v) is 5.13. The minimum atomic E-state index is -1.09. The van der Waals surface area contributed by atoms with Gasteiger partial charge in [0.1, 0.15) is 6.26 Å². The summed E-state index contributed by atoms with van der Waals surface area (Å²) in [5, 5.41) is 8.90. The maximum absolute atomic E-state index is 12.4. The van der Waals surface area contributed by atoms with Crippen LogP contribution in [0.1, 0.15) is 66.4 Å². The fourth-order valence-corrected chi connectivity index (χ4v) is 3.55. The maximum Gasteiger partial charge on any atom is 0.338 e. The van der Waals surface area contributed by atoms with Gasteiger partial charge in [-0.3, -0.25) is 4.79 Å². The van der Waals surface area contributed by atoms with Crippen molar-refractivity contribution >= 4 is 11.9 Å². The lowest BCUT2D eigenvalue weighted by atomic mass is 9.88.